The average Bonchev–Trinajstić information content (AvgIpc) is 2.50. The van der Waals surface area contributed by atoms with Crippen LogP contribution in [0.2, 0.25) is 0 Å². The maximum atomic E-state index is 12.6. The molecular weight excluding hydrogens is 327 g/mol. The van der Waals surface area contributed by atoms with Crippen molar-refractivity contribution < 1.29 is 22.9 Å². The number of rotatable bonds is 7. The summed E-state index contributed by atoms with van der Waals surface area (Å²) in [6.07, 6.45) is 1.61. The molecule has 130 valence electrons. The standard InChI is InChI=1S/C15H16F3N3O3/c1-2-3-4-5-14(22)20-9-8-19-12-7-6-11(15(16,17)18)10-13(12)21(23)24/h2-7,10,19H,8-9H2,1H3,(H,20,22)/b3-2+,5-4+. The Morgan fingerprint density at radius 2 is 2.00 bits per heavy atom. The number of nitrogens with one attached hydrogen (secondary N) is 2. The number of nitrogens with zero attached hydrogens (tertiary/aromatic N) is 1. The van der Waals surface area contributed by atoms with Gasteiger partial charge in [0.25, 0.3) is 5.69 Å². The summed E-state index contributed by atoms with van der Waals surface area (Å²) in [7, 11) is 0. The van der Waals surface area contributed by atoms with Gasteiger partial charge in [0.1, 0.15) is 5.69 Å². The first kappa shape index (κ1) is 19.2. The summed E-state index contributed by atoms with van der Waals surface area (Å²) in [6, 6.07) is 2.23. The van der Waals surface area contributed by atoms with E-state index in [0.29, 0.717) is 6.07 Å². The molecule has 0 heterocycles. The number of nitro groups is 1. The number of carbonyl (C=O) groups is 1. The van der Waals surface area contributed by atoms with Crippen LogP contribution in [0.1, 0.15) is 12.5 Å². The second kappa shape index (κ2) is 8.70. The van der Waals surface area contributed by atoms with Crippen molar-refractivity contribution in [1.29, 1.82) is 0 Å². The largest absolute Gasteiger partial charge is 0.416 e. The fourth-order valence-electron chi connectivity index (χ4n) is 1.70. The third kappa shape index (κ3) is 6.11. The summed E-state index contributed by atoms with van der Waals surface area (Å²) in [6.45, 7) is 2.07. The lowest BCUT2D eigenvalue weighted by Crippen LogP contribution is -2.27. The van der Waals surface area contributed by atoms with Crippen LogP contribution in [0.15, 0.2) is 42.5 Å². The number of nitro benzene ring substituents is 1. The predicted molar refractivity (Wildman–Crippen MR) is 83.6 cm³/mol. The first-order valence-corrected chi connectivity index (χ1v) is 6.92. The van der Waals surface area contributed by atoms with E-state index in [1.54, 1.807) is 25.2 Å². The molecule has 24 heavy (non-hydrogen) atoms. The molecule has 0 atom stereocenters. The molecule has 0 saturated carbocycles. The highest BCUT2D eigenvalue weighted by atomic mass is 19.4. The molecule has 0 unspecified atom stereocenters. The summed E-state index contributed by atoms with van der Waals surface area (Å²) in [5, 5.41) is 16.1. The zero-order chi connectivity index (χ0) is 18.2. The van der Waals surface area contributed by atoms with Crippen LogP contribution >= 0.6 is 0 Å². The summed E-state index contributed by atoms with van der Waals surface area (Å²) >= 11 is 0. The second-order valence-corrected chi connectivity index (χ2v) is 4.59. The molecular formula is C15H16F3N3O3. The van der Waals surface area contributed by atoms with Crippen molar-refractivity contribution >= 4 is 17.3 Å². The SMILES string of the molecule is C/C=C/C=C/C(=O)NCCNc1ccc(C(F)(F)F)cc1[N+](=O)[O-]. The number of hydrogen-bond donors (Lipinski definition) is 2. The number of amides is 1. The van der Waals surface area contributed by atoms with Gasteiger partial charge in [-0.15, -0.1) is 0 Å². The summed E-state index contributed by atoms with van der Waals surface area (Å²) < 4.78 is 37.8. The van der Waals surface area contributed by atoms with Crippen LogP contribution in [0.4, 0.5) is 24.5 Å². The molecule has 0 aliphatic carbocycles. The van der Waals surface area contributed by atoms with Crippen LogP contribution in [-0.2, 0) is 11.0 Å². The van der Waals surface area contributed by atoms with Crippen molar-refractivity contribution in [3.8, 4) is 0 Å². The van der Waals surface area contributed by atoms with Gasteiger partial charge < -0.3 is 10.6 Å². The fraction of sp³-hybridized carbons (Fsp3) is 0.267. The Morgan fingerprint density at radius 3 is 2.58 bits per heavy atom. The van der Waals surface area contributed by atoms with E-state index in [4.69, 9.17) is 0 Å². The van der Waals surface area contributed by atoms with E-state index in [1.807, 2.05) is 0 Å². The predicted octanol–water partition coefficient (Wildman–Crippen LogP) is 3.27. The van der Waals surface area contributed by atoms with Gasteiger partial charge in [-0.25, -0.2) is 0 Å². The molecule has 0 aliphatic rings. The smallest absolute Gasteiger partial charge is 0.378 e. The monoisotopic (exact) mass is 343 g/mol. The normalized spacial score (nSPS) is 11.8. The van der Waals surface area contributed by atoms with Gasteiger partial charge in [0.15, 0.2) is 0 Å². The van der Waals surface area contributed by atoms with Crippen LogP contribution in [0.3, 0.4) is 0 Å². The summed E-state index contributed by atoms with van der Waals surface area (Å²) in [5.74, 6) is -0.350. The van der Waals surface area contributed by atoms with Crippen molar-refractivity contribution in [2.75, 3.05) is 18.4 Å². The number of hydrogen-bond acceptors (Lipinski definition) is 4. The van der Waals surface area contributed by atoms with Gasteiger partial charge in [0.2, 0.25) is 5.91 Å². The molecule has 0 aliphatic heterocycles. The van der Waals surface area contributed by atoms with Crippen LogP contribution in [0, 0.1) is 10.1 Å². The Morgan fingerprint density at radius 1 is 1.29 bits per heavy atom. The Kier molecular flexibility index (Phi) is 6.97. The zero-order valence-electron chi connectivity index (χ0n) is 12.8. The quantitative estimate of drug-likeness (QED) is 0.262. The zero-order valence-corrected chi connectivity index (χ0v) is 12.8. The highest BCUT2D eigenvalue weighted by molar-refractivity contribution is 5.87. The minimum Gasteiger partial charge on any atom is -0.378 e. The minimum absolute atomic E-state index is 0.0493. The molecule has 9 heteroatoms. The van der Waals surface area contributed by atoms with Crippen molar-refractivity contribution in [2.24, 2.45) is 0 Å². The van der Waals surface area contributed by atoms with Gasteiger partial charge in [-0.1, -0.05) is 18.2 Å². The van der Waals surface area contributed by atoms with Crippen molar-refractivity contribution in [1.82, 2.24) is 5.32 Å². The van der Waals surface area contributed by atoms with Crippen LogP contribution < -0.4 is 10.6 Å². The van der Waals surface area contributed by atoms with E-state index in [-0.39, 0.29) is 24.7 Å². The topological polar surface area (TPSA) is 84.3 Å². The molecule has 0 fully saturated rings. The summed E-state index contributed by atoms with van der Waals surface area (Å²) in [4.78, 5) is 21.4. The Labute approximate surface area is 136 Å². The molecule has 1 aromatic rings. The van der Waals surface area contributed by atoms with E-state index in [9.17, 15) is 28.1 Å². The first-order chi connectivity index (χ1) is 11.3. The molecule has 0 spiro atoms. The minimum atomic E-state index is -4.66. The van der Waals surface area contributed by atoms with Crippen LogP contribution in [0.25, 0.3) is 0 Å². The molecule has 1 amide bonds. The van der Waals surface area contributed by atoms with Crippen molar-refractivity contribution in [3.05, 3.63) is 58.2 Å². The second-order valence-electron chi connectivity index (χ2n) is 4.59. The maximum absolute atomic E-state index is 12.6. The third-order valence-electron chi connectivity index (χ3n) is 2.81. The molecule has 0 saturated heterocycles. The highest BCUT2D eigenvalue weighted by Gasteiger charge is 2.32. The average molecular weight is 343 g/mol. The van der Waals surface area contributed by atoms with E-state index in [0.717, 1.165) is 12.1 Å². The molecule has 2 N–H and O–H groups in total. The lowest BCUT2D eigenvalue weighted by Gasteiger charge is -2.10. The number of allylic oxidation sites excluding steroid dienone is 3. The third-order valence-corrected chi connectivity index (χ3v) is 2.81. The maximum Gasteiger partial charge on any atom is 0.416 e. The van der Waals surface area contributed by atoms with E-state index >= 15 is 0 Å². The van der Waals surface area contributed by atoms with Gasteiger partial charge in [-0.2, -0.15) is 13.2 Å². The van der Waals surface area contributed by atoms with E-state index in [1.165, 1.54) is 6.08 Å². The highest BCUT2D eigenvalue weighted by Crippen LogP contribution is 2.34. The molecule has 0 bridgehead atoms. The number of carbonyl (C=O) groups excluding carboxylic acids is 1. The number of alkyl halides is 3. The Bertz CT molecular complexity index is 655. The molecule has 1 rings (SSSR count). The number of benzene rings is 1. The lowest BCUT2D eigenvalue weighted by atomic mass is 10.1. The van der Waals surface area contributed by atoms with Gasteiger partial charge in [0, 0.05) is 25.2 Å². The molecule has 0 aromatic heterocycles. The van der Waals surface area contributed by atoms with Crippen LogP contribution in [-0.4, -0.2) is 23.9 Å². The van der Waals surface area contributed by atoms with Crippen molar-refractivity contribution in [2.45, 2.75) is 13.1 Å². The lowest BCUT2D eigenvalue weighted by molar-refractivity contribution is -0.384. The fourth-order valence-corrected chi connectivity index (χ4v) is 1.70. The van der Waals surface area contributed by atoms with Crippen LogP contribution in [0.5, 0.6) is 0 Å². The Hall–Kier alpha value is -2.84. The van der Waals surface area contributed by atoms with Gasteiger partial charge in [-0.05, 0) is 19.1 Å². The number of anilines is 1. The molecule has 0 radical (unpaired) electrons. The molecule has 1 aromatic carbocycles. The number of halogens is 3. The van der Waals surface area contributed by atoms with Crippen molar-refractivity contribution in [3.63, 3.8) is 0 Å². The van der Waals surface area contributed by atoms with Gasteiger partial charge in [-0.3, -0.25) is 14.9 Å². The molecule has 6 nitrogen and oxygen atoms in total. The van der Waals surface area contributed by atoms with Gasteiger partial charge in [0.05, 0.1) is 10.5 Å². The van der Waals surface area contributed by atoms with E-state index in [2.05, 4.69) is 10.6 Å². The van der Waals surface area contributed by atoms with Gasteiger partial charge >= 0.3 is 6.18 Å². The Balaban J connectivity index is 2.65. The van der Waals surface area contributed by atoms with E-state index < -0.39 is 22.4 Å². The summed E-state index contributed by atoms with van der Waals surface area (Å²) in [5.41, 5.74) is -1.82. The first-order valence-electron chi connectivity index (χ1n) is 6.92.